The lowest BCUT2D eigenvalue weighted by atomic mass is 9.85. The van der Waals surface area contributed by atoms with E-state index in [4.69, 9.17) is 22.9 Å². The van der Waals surface area contributed by atoms with Crippen LogP contribution >= 0.6 is 12.2 Å². The van der Waals surface area contributed by atoms with Crippen LogP contribution in [0.15, 0.2) is 6.07 Å². The Bertz CT molecular complexity index is 541. The van der Waals surface area contributed by atoms with Crippen molar-refractivity contribution in [3.63, 3.8) is 0 Å². The second kappa shape index (κ2) is 5.32. The zero-order chi connectivity index (χ0) is 14.3. The maximum atomic E-state index is 5.97. The molecule has 3 rings (SSSR count). The number of nitrogens with zero attached hydrogens (tertiary/aromatic N) is 2. The van der Waals surface area contributed by atoms with Gasteiger partial charge in [-0.05, 0) is 50.7 Å². The fourth-order valence-corrected chi connectivity index (χ4v) is 4.25. The molecular formula is C16H23N3S. The average Bonchev–Trinajstić information content (AvgIpc) is 2.80. The third-order valence-corrected chi connectivity index (χ3v) is 5.06. The van der Waals surface area contributed by atoms with Crippen molar-refractivity contribution < 1.29 is 0 Å². The van der Waals surface area contributed by atoms with Gasteiger partial charge in [-0.1, -0.05) is 25.1 Å². The molecule has 0 amide bonds. The Labute approximate surface area is 126 Å². The summed E-state index contributed by atoms with van der Waals surface area (Å²) in [6, 6.07) is 2.72. The number of aryl methyl sites for hydroxylation is 2. The van der Waals surface area contributed by atoms with Crippen molar-refractivity contribution in [2.45, 2.75) is 52.0 Å². The van der Waals surface area contributed by atoms with Crippen molar-refractivity contribution >= 4 is 23.0 Å². The van der Waals surface area contributed by atoms with E-state index in [1.54, 1.807) is 0 Å². The van der Waals surface area contributed by atoms with E-state index in [1.807, 2.05) is 6.92 Å². The Morgan fingerprint density at radius 2 is 2.05 bits per heavy atom. The van der Waals surface area contributed by atoms with Crippen LogP contribution in [0.2, 0.25) is 0 Å². The molecule has 0 radical (unpaired) electrons. The largest absolute Gasteiger partial charge is 0.389 e. The maximum Gasteiger partial charge on any atom is 0.139 e. The molecule has 2 heterocycles. The average molecular weight is 289 g/mol. The van der Waals surface area contributed by atoms with Crippen molar-refractivity contribution in [3.05, 3.63) is 22.9 Å². The topological polar surface area (TPSA) is 42.1 Å². The van der Waals surface area contributed by atoms with Crippen molar-refractivity contribution in [2.75, 3.05) is 11.4 Å². The van der Waals surface area contributed by atoms with Gasteiger partial charge in [0, 0.05) is 18.3 Å². The molecule has 3 nitrogen and oxygen atoms in total. The SMILES string of the molecule is Cc1cc(C)c(C(N)=S)c(N2CCC3CCCCC32)n1. The van der Waals surface area contributed by atoms with Crippen molar-refractivity contribution in [1.29, 1.82) is 0 Å². The highest BCUT2D eigenvalue weighted by atomic mass is 32.1. The minimum absolute atomic E-state index is 0.476. The molecule has 1 saturated heterocycles. The molecule has 2 unspecified atom stereocenters. The van der Waals surface area contributed by atoms with Gasteiger partial charge in [0.1, 0.15) is 10.8 Å². The first kappa shape index (κ1) is 13.8. The Morgan fingerprint density at radius 3 is 2.80 bits per heavy atom. The number of aromatic nitrogens is 1. The molecule has 1 aliphatic carbocycles. The van der Waals surface area contributed by atoms with Crippen LogP contribution in [0.25, 0.3) is 0 Å². The van der Waals surface area contributed by atoms with E-state index >= 15 is 0 Å². The summed E-state index contributed by atoms with van der Waals surface area (Å²) >= 11 is 5.27. The summed E-state index contributed by atoms with van der Waals surface area (Å²) in [5, 5.41) is 0. The smallest absolute Gasteiger partial charge is 0.139 e. The molecule has 2 aliphatic rings. The number of rotatable bonds is 2. The third kappa shape index (κ3) is 2.30. The van der Waals surface area contributed by atoms with Gasteiger partial charge in [0.2, 0.25) is 0 Å². The highest BCUT2D eigenvalue weighted by Crippen LogP contribution is 2.39. The van der Waals surface area contributed by atoms with E-state index in [9.17, 15) is 0 Å². The summed E-state index contributed by atoms with van der Waals surface area (Å²) in [7, 11) is 0. The van der Waals surface area contributed by atoms with E-state index in [0.717, 1.165) is 35.1 Å². The van der Waals surface area contributed by atoms with E-state index in [0.29, 0.717) is 11.0 Å². The minimum atomic E-state index is 0.476. The first-order valence-corrected chi connectivity index (χ1v) is 8.03. The Morgan fingerprint density at radius 1 is 1.30 bits per heavy atom. The monoisotopic (exact) mass is 289 g/mol. The lowest BCUT2D eigenvalue weighted by Crippen LogP contribution is -2.37. The molecule has 20 heavy (non-hydrogen) atoms. The number of thiocarbonyl (C=S) groups is 1. The molecule has 108 valence electrons. The van der Waals surface area contributed by atoms with Crippen LogP contribution < -0.4 is 10.6 Å². The molecule has 1 saturated carbocycles. The maximum absolute atomic E-state index is 5.97. The number of hydrogen-bond acceptors (Lipinski definition) is 3. The van der Waals surface area contributed by atoms with Gasteiger partial charge in [0.05, 0.1) is 5.56 Å². The Balaban J connectivity index is 2.03. The van der Waals surface area contributed by atoms with Gasteiger partial charge in [0.25, 0.3) is 0 Å². The Hall–Kier alpha value is -1.16. The molecule has 2 atom stereocenters. The zero-order valence-corrected chi connectivity index (χ0v) is 13.2. The van der Waals surface area contributed by atoms with E-state index in [2.05, 4.69) is 17.9 Å². The van der Waals surface area contributed by atoms with Crippen LogP contribution in [0.5, 0.6) is 0 Å². The third-order valence-electron chi connectivity index (χ3n) is 4.85. The van der Waals surface area contributed by atoms with Crippen molar-refractivity contribution in [3.8, 4) is 0 Å². The molecule has 1 aromatic heterocycles. The summed E-state index contributed by atoms with van der Waals surface area (Å²) < 4.78 is 0. The van der Waals surface area contributed by atoms with Crippen LogP contribution in [0.1, 0.15) is 48.9 Å². The van der Waals surface area contributed by atoms with Crippen molar-refractivity contribution in [2.24, 2.45) is 11.7 Å². The predicted molar refractivity (Wildman–Crippen MR) is 87.3 cm³/mol. The molecular weight excluding hydrogens is 266 g/mol. The standard InChI is InChI=1S/C16H23N3S/c1-10-9-11(2)18-16(14(10)15(17)20)19-8-7-12-5-3-4-6-13(12)19/h9,12-13H,3-8H2,1-2H3,(H2,17,20). The first-order valence-electron chi connectivity index (χ1n) is 7.62. The molecule has 0 bridgehead atoms. The summed E-state index contributed by atoms with van der Waals surface area (Å²) in [6.45, 7) is 5.23. The second-order valence-corrected chi connectivity index (χ2v) is 6.68. The molecule has 2 fully saturated rings. The number of nitrogens with two attached hydrogens (primary N) is 1. The normalized spacial score (nSPS) is 25.6. The second-order valence-electron chi connectivity index (χ2n) is 6.24. The quantitative estimate of drug-likeness (QED) is 0.850. The number of pyridine rings is 1. The van der Waals surface area contributed by atoms with Gasteiger partial charge >= 0.3 is 0 Å². The summed E-state index contributed by atoms with van der Waals surface area (Å²) in [4.78, 5) is 7.75. The highest BCUT2D eigenvalue weighted by molar-refractivity contribution is 7.80. The van der Waals surface area contributed by atoms with Crippen LogP contribution in [-0.2, 0) is 0 Å². The fourth-order valence-electron chi connectivity index (χ4n) is 4.00. The number of anilines is 1. The molecule has 4 heteroatoms. The molecule has 1 aliphatic heterocycles. The molecule has 0 aromatic carbocycles. The van der Waals surface area contributed by atoms with Crippen LogP contribution in [0.3, 0.4) is 0 Å². The lowest BCUT2D eigenvalue weighted by molar-refractivity contribution is 0.341. The van der Waals surface area contributed by atoms with E-state index < -0.39 is 0 Å². The first-order chi connectivity index (χ1) is 9.58. The van der Waals surface area contributed by atoms with Crippen molar-refractivity contribution in [1.82, 2.24) is 4.98 Å². The fraction of sp³-hybridized carbons (Fsp3) is 0.625. The van der Waals surface area contributed by atoms with Crippen LogP contribution in [0, 0.1) is 19.8 Å². The van der Waals surface area contributed by atoms with Crippen LogP contribution in [-0.4, -0.2) is 22.6 Å². The van der Waals surface area contributed by atoms with Gasteiger partial charge in [0.15, 0.2) is 0 Å². The summed E-state index contributed by atoms with van der Waals surface area (Å²) in [6.07, 6.45) is 6.67. The zero-order valence-electron chi connectivity index (χ0n) is 12.4. The van der Waals surface area contributed by atoms with Gasteiger partial charge in [-0.2, -0.15) is 0 Å². The van der Waals surface area contributed by atoms with Gasteiger partial charge in [-0.3, -0.25) is 0 Å². The van der Waals surface area contributed by atoms with E-state index in [1.165, 1.54) is 32.1 Å². The van der Waals surface area contributed by atoms with Gasteiger partial charge in [-0.25, -0.2) is 4.98 Å². The predicted octanol–water partition coefficient (Wildman–Crippen LogP) is 3.10. The van der Waals surface area contributed by atoms with Gasteiger partial charge < -0.3 is 10.6 Å². The molecule has 1 aromatic rings. The minimum Gasteiger partial charge on any atom is -0.389 e. The van der Waals surface area contributed by atoms with Crippen LogP contribution in [0.4, 0.5) is 5.82 Å². The molecule has 0 spiro atoms. The Kier molecular flexibility index (Phi) is 3.67. The van der Waals surface area contributed by atoms with E-state index in [-0.39, 0.29) is 0 Å². The highest BCUT2D eigenvalue weighted by Gasteiger charge is 2.37. The van der Waals surface area contributed by atoms with Gasteiger partial charge in [-0.15, -0.1) is 0 Å². The lowest BCUT2D eigenvalue weighted by Gasteiger charge is -2.33. The summed E-state index contributed by atoms with van der Waals surface area (Å²) in [5.41, 5.74) is 9.15. The molecule has 2 N–H and O–H groups in total. The summed E-state index contributed by atoms with van der Waals surface area (Å²) in [5.74, 6) is 1.87. The number of hydrogen-bond donors (Lipinski definition) is 1. The number of fused-ring (bicyclic) bond motifs is 1.